The van der Waals surface area contributed by atoms with Crippen molar-refractivity contribution in [3.05, 3.63) is 206 Å². The quantitative estimate of drug-likeness (QED) is 0.0954. The smallest absolute Gasteiger partial charge is 0.0775 e. The molecule has 376 valence electrons. The molecule has 0 saturated heterocycles. The Labute approximate surface area is 454 Å². The monoisotopic (exact) mass is 1050 g/mol. The molecule has 0 amide bonds. The number of rotatable bonds is 10. The van der Waals surface area contributed by atoms with E-state index in [1.165, 1.54) is 131 Å². The molecule has 0 atom stereocenters. The van der Waals surface area contributed by atoms with Crippen LogP contribution < -0.4 is 20.7 Å². The minimum Gasteiger partial charge on any atom is -0.308 e. The molecule has 2 aromatic heterocycles. The van der Waals surface area contributed by atoms with Crippen molar-refractivity contribution in [3.63, 3.8) is 0 Å². The summed E-state index contributed by atoms with van der Waals surface area (Å²) >= 11 is 0. The maximum absolute atomic E-state index is 2.60. The van der Waals surface area contributed by atoms with Gasteiger partial charge in [-0.25, -0.2) is 0 Å². The first-order valence-corrected chi connectivity index (χ1v) is 41.3. The Bertz CT molecular complexity index is 3930. The van der Waals surface area contributed by atoms with Gasteiger partial charge in [-0.15, -0.1) is 0 Å². The Morgan fingerprint density at radius 3 is 0.776 bits per heavy atom. The van der Waals surface area contributed by atoms with E-state index in [-0.39, 0.29) is 0 Å². The molecule has 0 aliphatic rings. The van der Waals surface area contributed by atoms with Crippen molar-refractivity contribution in [1.29, 1.82) is 0 Å². The van der Waals surface area contributed by atoms with Gasteiger partial charge in [0.2, 0.25) is 0 Å². The Morgan fingerprint density at radius 1 is 0.237 bits per heavy atom. The molecule has 0 aliphatic heterocycles. The normalized spacial score (nSPS) is 12.7. The number of hydrogen-bond donors (Lipinski definition) is 0. The molecule has 0 saturated carbocycles. The third-order valence-electron chi connectivity index (χ3n) is 16.2. The third-order valence-corrected chi connectivity index (χ3v) is 24.5. The van der Waals surface area contributed by atoms with E-state index in [4.69, 9.17) is 0 Å². The minimum absolute atomic E-state index is 1.19. The summed E-state index contributed by atoms with van der Waals surface area (Å²) in [5.74, 6) is 0. The SMILES string of the molecule is C[Si](C)(C)c1ccc(-c2c(-c3ccc([Si](C)(C)C)cc3)n(-c3cc4c5ccccc5c(-n5c(-c6ccc([Si](C)(C)C)cc6)c(-c6ccc([Si](C)(C)C)cc6)c6ccccc65)cc4c4ccccc34)c3ccccc23)cc1. The van der Waals surface area contributed by atoms with Gasteiger partial charge in [0.1, 0.15) is 0 Å². The Hall–Kier alpha value is -7.07. The maximum Gasteiger partial charge on any atom is 0.0775 e. The van der Waals surface area contributed by atoms with E-state index < -0.39 is 32.3 Å². The Kier molecular flexibility index (Phi) is 12.0. The number of nitrogens with zero attached hydrogens (tertiary/aromatic N) is 2. The van der Waals surface area contributed by atoms with Crippen molar-refractivity contribution < 1.29 is 0 Å². The molecule has 0 unspecified atom stereocenters. The fourth-order valence-corrected chi connectivity index (χ4v) is 16.6. The van der Waals surface area contributed by atoms with Crippen LogP contribution in [-0.2, 0) is 0 Å². The zero-order chi connectivity index (χ0) is 53.1. The summed E-state index contributed by atoms with van der Waals surface area (Å²) in [4.78, 5) is 0. The number of para-hydroxylation sites is 2. The molecule has 0 radical (unpaired) electrons. The first-order chi connectivity index (χ1) is 36.3. The van der Waals surface area contributed by atoms with Gasteiger partial charge in [0.05, 0.1) is 66.1 Å². The fraction of sp³-hybridized carbons (Fsp3) is 0.171. The maximum atomic E-state index is 2.60. The zero-order valence-corrected chi connectivity index (χ0v) is 50.5. The molecular formula is C70H70N2Si4. The summed E-state index contributed by atoms with van der Waals surface area (Å²) in [6.07, 6.45) is 0. The lowest BCUT2D eigenvalue weighted by molar-refractivity contribution is 1.15. The van der Waals surface area contributed by atoms with Gasteiger partial charge in [-0.3, -0.25) is 0 Å². The van der Waals surface area contributed by atoms with Gasteiger partial charge in [0.25, 0.3) is 0 Å². The molecule has 10 aromatic carbocycles. The van der Waals surface area contributed by atoms with Crippen LogP contribution in [0.5, 0.6) is 0 Å². The first-order valence-electron chi connectivity index (χ1n) is 27.3. The highest BCUT2D eigenvalue weighted by Crippen LogP contribution is 2.48. The lowest BCUT2D eigenvalue weighted by Gasteiger charge is -2.22. The molecule has 12 rings (SSSR count). The molecule has 2 heterocycles. The number of benzene rings is 10. The van der Waals surface area contributed by atoms with Gasteiger partial charge in [-0.2, -0.15) is 0 Å². The molecule has 0 bridgehead atoms. The van der Waals surface area contributed by atoms with Gasteiger partial charge >= 0.3 is 0 Å². The third kappa shape index (κ3) is 8.51. The van der Waals surface area contributed by atoms with E-state index >= 15 is 0 Å². The highest BCUT2D eigenvalue weighted by molar-refractivity contribution is 6.90. The molecule has 2 nitrogen and oxygen atoms in total. The van der Waals surface area contributed by atoms with Crippen molar-refractivity contribution in [2.75, 3.05) is 0 Å². The van der Waals surface area contributed by atoms with Crippen LogP contribution in [0.1, 0.15) is 0 Å². The van der Waals surface area contributed by atoms with Crippen LogP contribution in [-0.4, -0.2) is 41.4 Å². The summed E-state index contributed by atoms with van der Waals surface area (Å²) < 4.78 is 5.21. The van der Waals surface area contributed by atoms with Crippen LogP contribution in [0.2, 0.25) is 78.6 Å². The molecule has 0 N–H and O–H groups in total. The second-order valence-electron chi connectivity index (χ2n) is 25.4. The number of fused-ring (bicyclic) bond motifs is 7. The van der Waals surface area contributed by atoms with Crippen LogP contribution in [0.4, 0.5) is 0 Å². The highest BCUT2D eigenvalue weighted by atomic mass is 28.3. The van der Waals surface area contributed by atoms with Crippen molar-refractivity contribution in [1.82, 2.24) is 9.13 Å². The van der Waals surface area contributed by atoms with Crippen molar-refractivity contribution in [2.24, 2.45) is 0 Å². The predicted octanol–water partition coefficient (Wildman–Crippen LogP) is 17.9. The summed E-state index contributed by atoms with van der Waals surface area (Å²) in [5, 5.41) is 15.8. The predicted molar refractivity (Wildman–Crippen MR) is 346 cm³/mol. The van der Waals surface area contributed by atoms with Crippen LogP contribution >= 0.6 is 0 Å². The van der Waals surface area contributed by atoms with Gasteiger partial charge in [-0.1, -0.05) is 281 Å². The molecular weight excluding hydrogens is 981 g/mol. The summed E-state index contributed by atoms with van der Waals surface area (Å²) in [6, 6.07) is 80.0. The minimum atomic E-state index is -1.56. The van der Waals surface area contributed by atoms with E-state index in [0.29, 0.717) is 0 Å². The van der Waals surface area contributed by atoms with Crippen molar-refractivity contribution >= 4 is 107 Å². The number of hydrogen-bond acceptors (Lipinski definition) is 0. The van der Waals surface area contributed by atoms with Crippen molar-refractivity contribution in [3.8, 4) is 56.1 Å². The average Bonchev–Trinajstić information content (AvgIpc) is 3.94. The fourth-order valence-electron chi connectivity index (χ4n) is 11.9. The van der Waals surface area contributed by atoms with Crippen LogP contribution in [0.15, 0.2) is 206 Å². The van der Waals surface area contributed by atoms with Gasteiger partial charge in [-0.05, 0) is 68.1 Å². The van der Waals surface area contributed by atoms with E-state index in [2.05, 4.69) is 294 Å². The standard InChI is InChI=1S/C70H70N2Si4/c1-73(2,3)51-37-29-47(30-38-51)67-59-25-17-19-27-63(59)71(69(67)49-33-41-53(42-34-49)75(7,8)9)65-45-61-56-22-14-16-24-58(56)66(46-62(61)55-21-13-15-23-57(55)65)72-64-28-20-18-26-60(64)68(48-31-39-52(40-32-48)74(4,5)6)70(72)50-35-43-54(44-36-50)76(10,11)12/h13-46H,1-12H3. The second-order valence-corrected chi connectivity index (χ2v) is 45.7. The van der Waals surface area contributed by atoms with Crippen LogP contribution in [0, 0.1) is 0 Å². The summed E-state index contributed by atoms with van der Waals surface area (Å²) in [5.41, 5.74) is 14.7. The molecule has 0 aliphatic carbocycles. The Morgan fingerprint density at radius 2 is 0.487 bits per heavy atom. The van der Waals surface area contributed by atoms with E-state index in [1.807, 2.05) is 0 Å². The van der Waals surface area contributed by atoms with Gasteiger partial charge < -0.3 is 9.13 Å². The zero-order valence-electron chi connectivity index (χ0n) is 46.5. The van der Waals surface area contributed by atoms with Crippen molar-refractivity contribution in [2.45, 2.75) is 78.6 Å². The lowest BCUT2D eigenvalue weighted by Crippen LogP contribution is -2.37. The van der Waals surface area contributed by atoms with E-state index in [1.54, 1.807) is 0 Å². The molecule has 76 heavy (non-hydrogen) atoms. The molecule has 6 heteroatoms. The highest BCUT2D eigenvalue weighted by Gasteiger charge is 2.28. The van der Waals surface area contributed by atoms with E-state index in [9.17, 15) is 0 Å². The second kappa shape index (κ2) is 18.3. The average molecular weight is 1050 g/mol. The van der Waals surface area contributed by atoms with Gasteiger partial charge in [0, 0.05) is 32.7 Å². The van der Waals surface area contributed by atoms with Crippen LogP contribution in [0.25, 0.3) is 110 Å². The first kappa shape index (κ1) is 49.8. The Balaban J connectivity index is 1.18. The largest absolute Gasteiger partial charge is 0.308 e. The van der Waals surface area contributed by atoms with Gasteiger partial charge in [0.15, 0.2) is 0 Å². The van der Waals surface area contributed by atoms with E-state index in [0.717, 1.165) is 0 Å². The molecule has 12 aromatic rings. The summed E-state index contributed by atoms with van der Waals surface area (Å²) in [7, 11) is -6.19. The molecule has 0 spiro atoms. The summed E-state index contributed by atoms with van der Waals surface area (Å²) in [6.45, 7) is 29.3. The lowest BCUT2D eigenvalue weighted by atomic mass is 9.94. The molecule has 0 fully saturated rings. The topological polar surface area (TPSA) is 9.86 Å². The van der Waals surface area contributed by atoms with Crippen LogP contribution in [0.3, 0.4) is 0 Å². The number of aromatic nitrogens is 2.